The maximum absolute atomic E-state index is 12.6. The highest BCUT2D eigenvalue weighted by Crippen LogP contribution is 2.34. The number of hydrogen-bond acceptors (Lipinski definition) is 13. The summed E-state index contributed by atoms with van der Waals surface area (Å²) in [6, 6.07) is 4.24. The fourth-order valence-corrected chi connectivity index (χ4v) is 3.59. The molecule has 0 aliphatic carbocycles. The summed E-state index contributed by atoms with van der Waals surface area (Å²) in [7, 11) is 1.06. The molecule has 39 heavy (non-hydrogen) atoms. The summed E-state index contributed by atoms with van der Waals surface area (Å²) in [6.07, 6.45) is -8.84. The van der Waals surface area contributed by atoms with Crippen molar-refractivity contribution >= 4 is 35.7 Å². The number of aliphatic hydroxyl groups excluding tert-OH is 1. The number of nitrogens with one attached hydrogen (secondary N) is 1. The predicted molar refractivity (Wildman–Crippen MR) is 130 cm³/mol. The van der Waals surface area contributed by atoms with Gasteiger partial charge >= 0.3 is 30.0 Å². The second kappa shape index (κ2) is 13.2. The molecule has 1 aromatic carbocycles. The zero-order valence-electron chi connectivity index (χ0n) is 22.7. The van der Waals surface area contributed by atoms with Crippen LogP contribution in [0, 0.1) is 0 Å². The summed E-state index contributed by atoms with van der Waals surface area (Å²) in [5, 5.41) is 12.1. The molecule has 0 radical (unpaired) electrons. The highest BCUT2D eigenvalue weighted by atomic mass is 16.7. The minimum Gasteiger partial charge on any atom is -0.467 e. The van der Waals surface area contributed by atoms with E-state index in [0.717, 1.165) is 27.9 Å². The minimum atomic E-state index is -1.67. The van der Waals surface area contributed by atoms with Gasteiger partial charge in [-0.15, -0.1) is 0 Å². The Labute approximate surface area is 224 Å². The average molecular weight is 556 g/mol. The number of aliphatic hydroxyl groups is 1. The van der Waals surface area contributed by atoms with E-state index < -0.39 is 66.3 Å². The molecule has 1 aromatic rings. The number of rotatable bonds is 8. The molecule has 0 aromatic heterocycles. The molecule has 2 rings (SSSR count). The van der Waals surface area contributed by atoms with Crippen LogP contribution in [0.1, 0.15) is 47.1 Å². The van der Waals surface area contributed by atoms with Crippen molar-refractivity contribution in [1.82, 2.24) is 0 Å². The highest BCUT2D eigenvalue weighted by molar-refractivity contribution is 5.87. The summed E-state index contributed by atoms with van der Waals surface area (Å²) in [4.78, 5) is 60.8. The highest BCUT2D eigenvalue weighted by Gasteiger charge is 2.56. The third-order valence-corrected chi connectivity index (χ3v) is 4.94. The van der Waals surface area contributed by atoms with Gasteiger partial charge in [0, 0.05) is 20.8 Å². The number of methoxy groups -OCH3 is 1. The lowest BCUT2D eigenvalue weighted by molar-refractivity contribution is -0.282. The van der Waals surface area contributed by atoms with Crippen LogP contribution in [-0.2, 0) is 54.2 Å². The van der Waals surface area contributed by atoms with Crippen LogP contribution in [0.4, 0.5) is 10.5 Å². The SMILES string of the molecule is COC(=O)[C@H]1O[C@@H](Oc2ccc(CO)cc2NC(=O)OC(C)(C)C)[C@H](OC(C)=O)[C@@H](OC(C)=O)[C@@H]1OC(C)=O. The van der Waals surface area contributed by atoms with E-state index in [1.54, 1.807) is 20.8 Å². The molecule has 1 saturated heterocycles. The largest absolute Gasteiger partial charge is 0.467 e. The van der Waals surface area contributed by atoms with E-state index >= 15 is 0 Å². The molecule has 216 valence electrons. The Morgan fingerprint density at radius 3 is 2.00 bits per heavy atom. The van der Waals surface area contributed by atoms with E-state index in [-0.39, 0.29) is 18.0 Å². The first-order chi connectivity index (χ1) is 18.1. The van der Waals surface area contributed by atoms with Gasteiger partial charge < -0.3 is 38.3 Å². The van der Waals surface area contributed by atoms with Gasteiger partial charge in [0.05, 0.1) is 19.4 Å². The zero-order chi connectivity index (χ0) is 29.5. The average Bonchev–Trinajstić information content (AvgIpc) is 2.80. The van der Waals surface area contributed by atoms with Gasteiger partial charge in [0.15, 0.2) is 18.3 Å². The van der Waals surface area contributed by atoms with Gasteiger partial charge in [-0.3, -0.25) is 19.7 Å². The van der Waals surface area contributed by atoms with Crippen LogP contribution < -0.4 is 10.1 Å². The number of amides is 1. The molecule has 14 heteroatoms. The van der Waals surface area contributed by atoms with Crippen molar-refractivity contribution in [2.24, 2.45) is 0 Å². The minimum absolute atomic E-state index is 0.0294. The Bertz CT molecular complexity index is 1080. The van der Waals surface area contributed by atoms with E-state index in [0.29, 0.717) is 5.56 Å². The molecule has 1 amide bonds. The molecule has 0 saturated carbocycles. The van der Waals surface area contributed by atoms with Crippen LogP contribution in [0.3, 0.4) is 0 Å². The lowest BCUT2D eigenvalue weighted by Crippen LogP contribution is -2.64. The van der Waals surface area contributed by atoms with Crippen molar-refractivity contribution in [2.75, 3.05) is 12.4 Å². The van der Waals surface area contributed by atoms with Crippen LogP contribution in [0.5, 0.6) is 5.75 Å². The topological polar surface area (TPSA) is 182 Å². The van der Waals surface area contributed by atoms with Crippen LogP contribution in [0.2, 0.25) is 0 Å². The first-order valence-electron chi connectivity index (χ1n) is 11.8. The Morgan fingerprint density at radius 2 is 1.49 bits per heavy atom. The van der Waals surface area contributed by atoms with Gasteiger partial charge in [0.2, 0.25) is 12.4 Å². The van der Waals surface area contributed by atoms with Crippen LogP contribution in [0.15, 0.2) is 18.2 Å². The first kappa shape index (κ1) is 31.3. The Balaban J connectivity index is 2.56. The molecule has 14 nitrogen and oxygen atoms in total. The lowest BCUT2D eigenvalue weighted by Gasteiger charge is -2.43. The van der Waals surface area contributed by atoms with Crippen molar-refractivity contribution in [3.63, 3.8) is 0 Å². The molecule has 0 unspecified atom stereocenters. The van der Waals surface area contributed by atoms with Crippen molar-refractivity contribution in [3.05, 3.63) is 23.8 Å². The number of benzene rings is 1. The van der Waals surface area contributed by atoms with E-state index in [2.05, 4.69) is 5.32 Å². The van der Waals surface area contributed by atoms with Gasteiger partial charge in [-0.05, 0) is 38.5 Å². The number of carbonyl (C=O) groups is 5. The Morgan fingerprint density at radius 1 is 0.923 bits per heavy atom. The van der Waals surface area contributed by atoms with Crippen molar-refractivity contribution < 1.29 is 62.2 Å². The Hall–Kier alpha value is -3.91. The fourth-order valence-electron chi connectivity index (χ4n) is 3.59. The third kappa shape index (κ3) is 9.11. The molecule has 1 heterocycles. The van der Waals surface area contributed by atoms with E-state index in [1.807, 2.05) is 0 Å². The van der Waals surface area contributed by atoms with Gasteiger partial charge in [0.25, 0.3) is 0 Å². The van der Waals surface area contributed by atoms with Crippen molar-refractivity contribution in [1.29, 1.82) is 0 Å². The third-order valence-electron chi connectivity index (χ3n) is 4.94. The monoisotopic (exact) mass is 555 g/mol. The van der Waals surface area contributed by atoms with Gasteiger partial charge in [-0.1, -0.05) is 6.07 Å². The number of esters is 4. The normalized spacial score (nSPS) is 22.6. The number of ether oxygens (including phenoxy) is 7. The second-order valence-corrected chi connectivity index (χ2v) is 9.40. The molecule has 0 spiro atoms. The maximum Gasteiger partial charge on any atom is 0.412 e. The zero-order valence-corrected chi connectivity index (χ0v) is 22.7. The molecule has 1 aliphatic rings. The van der Waals surface area contributed by atoms with E-state index in [4.69, 9.17) is 33.2 Å². The Kier molecular flexibility index (Phi) is 10.6. The summed E-state index contributed by atoms with van der Waals surface area (Å²) in [5.41, 5.74) is -0.403. The first-order valence-corrected chi connectivity index (χ1v) is 11.8. The molecular formula is C25H33NO13. The standard InChI is InChI=1S/C25H33NO13/c1-12(28)34-18-19(35-13(2)29)21(36-14(3)30)23(38-20(18)22(31)33-7)37-17-9-8-15(11-27)10-16(17)26-24(32)39-25(4,5)6/h8-10,18-21,23,27H,11H2,1-7H3,(H,26,32)/t18-,19-,20-,21+,23+/m0/s1. The summed E-state index contributed by atoms with van der Waals surface area (Å²) in [5.74, 6) is -3.60. The molecular weight excluding hydrogens is 522 g/mol. The molecule has 2 N–H and O–H groups in total. The number of carbonyl (C=O) groups excluding carboxylic acids is 5. The van der Waals surface area contributed by atoms with E-state index in [1.165, 1.54) is 18.2 Å². The fraction of sp³-hybridized carbons (Fsp3) is 0.560. The quantitative estimate of drug-likeness (QED) is 0.349. The summed E-state index contributed by atoms with van der Waals surface area (Å²) < 4.78 is 37.6. The maximum atomic E-state index is 12.6. The number of anilines is 1. The smallest absolute Gasteiger partial charge is 0.412 e. The van der Waals surface area contributed by atoms with Gasteiger partial charge in [-0.25, -0.2) is 9.59 Å². The molecule has 5 atom stereocenters. The summed E-state index contributed by atoms with van der Waals surface area (Å²) in [6.45, 7) is 7.80. The van der Waals surface area contributed by atoms with Crippen LogP contribution in [-0.4, -0.2) is 78.5 Å². The number of hydrogen-bond donors (Lipinski definition) is 2. The van der Waals surface area contributed by atoms with Crippen molar-refractivity contribution in [2.45, 2.75) is 84.5 Å². The molecule has 1 aliphatic heterocycles. The summed E-state index contributed by atoms with van der Waals surface area (Å²) >= 11 is 0. The lowest BCUT2D eigenvalue weighted by atomic mass is 9.97. The van der Waals surface area contributed by atoms with Gasteiger partial charge in [0.1, 0.15) is 11.4 Å². The van der Waals surface area contributed by atoms with E-state index in [9.17, 15) is 29.1 Å². The molecule has 1 fully saturated rings. The second-order valence-electron chi connectivity index (χ2n) is 9.40. The van der Waals surface area contributed by atoms with Crippen LogP contribution in [0.25, 0.3) is 0 Å². The van der Waals surface area contributed by atoms with Crippen molar-refractivity contribution in [3.8, 4) is 5.75 Å². The predicted octanol–water partition coefficient (Wildman–Crippen LogP) is 1.60. The van der Waals surface area contributed by atoms with Crippen LogP contribution >= 0.6 is 0 Å². The molecule has 0 bridgehead atoms. The van der Waals surface area contributed by atoms with Gasteiger partial charge in [-0.2, -0.15) is 0 Å².